The maximum absolute atomic E-state index is 13.2. The number of benzene rings is 2. The molecule has 1 N–H and O–H groups in total. The second-order valence-electron chi connectivity index (χ2n) is 9.16. The molecule has 0 spiro atoms. The molecule has 2 atom stereocenters. The zero-order valence-corrected chi connectivity index (χ0v) is 18.4. The van der Waals surface area contributed by atoms with E-state index in [1.54, 1.807) is 0 Å². The van der Waals surface area contributed by atoms with Gasteiger partial charge in [-0.1, -0.05) is 60.7 Å². The quantitative estimate of drug-likeness (QED) is 0.808. The molecule has 3 fully saturated rings. The summed E-state index contributed by atoms with van der Waals surface area (Å²) in [6.07, 6.45) is 2.77. The van der Waals surface area contributed by atoms with Gasteiger partial charge in [0.25, 0.3) is 0 Å². The van der Waals surface area contributed by atoms with E-state index in [0.29, 0.717) is 24.9 Å². The van der Waals surface area contributed by atoms with Crippen molar-refractivity contribution in [3.63, 3.8) is 0 Å². The lowest BCUT2D eigenvalue weighted by atomic mass is 9.76. The zero-order valence-electron chi connectivity index (χ0n) is 18.4. The molecule has 5 rings (SSSR count). The van der Waals surface area contributed by atoms with Gasteiger partial charge in [0, 0.05) is 32.1 Å². The van der Waals surface area contributed by atoms with Crippen LogP contribution in [0.15, 0.2) is 60.7 Å². The van der Waals surface area contributed by atoms with Gasteiger partial charge in [-0.25, -0.2) is 4.79 Å². The molecule has 3 heterocycles. The van der Waals surface area contributed by atoms with E-state index < -0.39 is 0 Å². The lowest BCUT2D eigenvalue weighted by molar-refractivity contribution is -0.139. The smallest absolute Gasteiger partial charge is 0.320 e. The molecule has 3 saturated heterocycles. The fraction of sp³-hybridized carbons (Fsp3) is 0.462. The van der Waals surface area contributed by atoms with E-state index >= 15 is 0 Å². The predicted molar refractivity (Wildman–Crippen MR) is 122 cm³/mol. The SMILES string of the molecule is O=C1COC2CCN(C(=O)N3CCC(C(c4ccccc4)c4ccccc4)CC3)CC2N1. The van der Waals surface area contributed by atoms with Gasteiger partial charge in [-0.2, -0.15) is 0 Å². The number of fused-ring (bicyclic) bond motifs is 1. The molecule has 0 radical (unpaired) electrons. The predicted octanol–water partition coefficient (Wildman–Crippen LogP) is 3.24. The van der Waals surface area contributed by atoms with E-state index in [4.69, 9.17) is 4.74 Å². The molecule has 2 aromatic rings. The van der Waals surface area contributed by atoms with Gasteiger partial charge in [-0.05, 0) is 36.3 Å². The van der Waals surface area contributed by atoms with Crippen molar-refractivity contribution in [2.45, 2.75) is 37.3 Å². The van der Waals surface area contributed by atoms with Gasteiger partial charge in [-0.3, -0.25) is 4.79 Å². The zero-order chi connectivity index (χ0) is 21.9. The summed E-state index contributed by atoms with van der Waals surface area (Å²) < 4.78 is 5.63. The van der Waals surface area contributed by atoms with Crippen LogP contribution in [0.3, 0.4) is 0 Å². The highest BCUT2D eigenvalue weighted by Gasteiger charge is 2.38. The van der Waals surface area contributed by atoms with Gasteiger partial charge in [0.05, 0.1) is 12.1 Å². The highest BCUT2D eigenvalue weighted by Crippen LogP contribution is 2.38. The van der Waals surface area contributed by atoms with Gasteiger partial charge in [0.1, 0.15) is 6.61 Å². The number of ether oxygens (including phenoxy) is 1. The Labute approximate surface area is 189 Å². The first kappa shape index (κ1) is 21.0. The number of urea groups is 1. The lowest BCUT2D eigenvalue weighted by Crippen LogP contribution is -2.62. The number of carbonyl (C=O) groups is 2. The number of nitrogens with one attached hydrogen (secondary N) is 1. The van der Waals surface area contributed by atoms with Crippen molar-refractivity contribution >= 4 is 11.9 Å². The molecule has 6 nitrogen and oxygen atoms in total. The van der Waals surface area contributed by atoms with Crippen molar-refractivity contribution in [2.24, 2.45) is 5.92 Å². The summed E-state index contributed by atoms with van der Waals surface area (Å²) in [5.74, 6) is 0.759. The standard InChI is InChI=1S/C26H31N3O3/c30-24-18-32-23-13-16-29(17-22(23)27-24)26(31)28-14-11-21(12-15-28)25(19-7-3-1-4-8-19)20-9-5-2-6-10-20/h1-10,21-23,25H,11-18H2,(H,27,30). The van der Waals surface area contributed by atoms with Crippen molar-refractivity contribution < 1.29 is 14.3 Å². The summed E-state index contributed by atoms with van der Waals surface area (Å²) >= 11 is 0. The van der Waals surface area contributed by atoms with Crippen molar-refractivity contribution in [3.8, 4) is 0 Å². The third-order valence-corrected chi connectivity index (χ3v) is 7.19. The first-order valence-corrected chi connectivity index (χ1v) is 11.7. The number of nitrogens with zero attached hydrogens (tertiary/aromatic N) is 2. The maximum atomic E-state index is 13.2. The minimum Gasteiger partial charge on any atom is -0.366 e. The summed E-state index contributed by atoms with van der Waals surface area (Å²) in [6.45, 7) is 2.89. The summed E-state index contributed by atoms with van der Waals surface area (Å²) in [5, 5.41) is 2.99. The Kier molecular flexibility index (Phi) is 6.12. The van der Waals surface area contributed by atoms with Crippen LogP contribution in [0, 0.1) is 5.92 Å². The van der Waals surface area contributed by atoms with Crippen LogP contribution in [0.25, 0.3) is 0 Å². The molecule has 2 aromatic carbocycles. The molecule has 3 amide bonds. The molecule has 168 valence electrons. The van der Waals surface area contributed by atoms with E-state index in [1.807, 2.05) is 9.80 Å². The topological polar surface area (TPSA) is 61.9 Å². The van der Waals surface area contributed by atoms with Crippen LogP contribution < -0.4 is 5.32 Å². The lowest BCUT2D eigenvalue weighted by Gasteiger charge is -2.44. The molecule has 0 aromatic heterocycles. The van der Waals surface area contributed by atoms with Crippen LogP contribution >= 0.6 is 0 Å². The number of piperidine rings is 2. The highest BCUT2D eigenvalue weighted by atomic mass is 16.5. The largest absolute Gasteiger partial charge is 0.366 e. The number of hydrogen-bond donors (Lipinski definition) is 1. The van der Waals surface area contributed by atoms with Crippen LogP contribution in [0.4, 0.5) is 4.79 Å². The second-order valence-corrected chi connectivity index (χ2v) is 9.16. The number of likely N-dealkylation sites (tertiary alicyclic amines) is 2. The number of rotatable bonds is 3. The first-order valence-electron chi connectivity index (χ1n) is 11.7. The van der Waals surface area contributed by atoms with Gasteiger partial charge >= 0.3 is 6.03 Å². The van der Waals surface area contributed by atoms with Crippen LogP contribution in [0.2, 0.25) is 0 Å². The molecule has 3 aliphatic heterocycles. The minimum absolute atomic E-state index is 0.0278. The summed E-state index contributed by atoms with van der Waals surface area (Å²) in [5.41, 5.74) is 2.69. The molecule has 2 unspecified atom stereocenters. The Morgan fingerprint density at radius 3 is 2.09 bits per heavy atom. The fourth-order valence-electron chi connectivity index (χ4n) is 5.56. The van der Waals surface area contributed by atoms with Crippen LogP contribution in [-0.2, 0) is 9.53 Å². The average molecular weight is 434 g/mol. The third kappa shape index (κ3) is 4.37. The van der Waals surface area contributed by atoms with E-state index in [9.17, 15) is 9.59 Å². The number of hydrogen-bond acceptors (Lipinski definition) is 3. The van der Waals surface area contributed by atoms with Crippen molar-refractivity contribution in [3.05, 3.63) is 71.8 Å². The molecule has 32 heavy (non-hydrogen) atoms. The molecule has 0 aliphatic carbocycles. The minimum atomic E-state index is -0.0907. The molecule has 6 heteroatoms. The number of carbonyl (C=O) groups excluding carboxylic acids is 2. The van der Waals surface area contributed by atoms with Crippen molar-refractivity contribution in [1.29, 1.82) is 0 Å². The third-order valence-electron chi connectivity index (χ3n) is 7.19. The molecular weight excluding hydrogens is 402 g/mol. The normalized spacial score (nSPS) is 24.2. The van der Waals surface area contributed by atoms with Crippen LogP contribution in [0.5, 0.6) is 0 Å². The highest BCUT2D eigenvalue weighted by molar-refractivity contribution is 5.79. The van der Waals surface area contributed by atoms with Gasteiger partial charge < -0.3 is 19.9 Å². The van der Waals surface area contributed by atoms with E-state index in [-0.39, 0.29) is 30.7 Å². The Bertz CT molecular complexity index is 888. The fourth-order valence-corrected chi connectivity index (χ4v) is 5.56. The van der Waals surface area contributed by atoms with Gasteiger partial charge in [0.15, 0.2) is 0 Å². The summed E-state index contributed by atoms with van der Waals surface area (Å²) in [4.78, 5) is 28.8. The van der Waals surface area contributed by atoms with E-state index in [0.717, 1.165) is 32.4 Å². The Morgan fingerprint density at radius 1 is 0.875 bits per heavy atom. The molecule has 0 bridgehead atoms. The van der Waals surface area contributed by atoms with Gasteiger partial charge in [0.2, 0.25) is 5.91 Å². The maximum Gasteiger partial charge on any atom is 0.320 e. The first-order chi connectivity index (χ1) is 15.7. The molecule has 0 saturated carbocycles. The van der Waals surface area contributed by atoms with Crippen molar-refractivity contribution in [2.75, 3.05) is 32.8 Å². The van der Waals surface area contributed by atoms with Crippen LogP contribution in [0.1, 0.15) is 36.3 Å². The molecule has 3 aliphatic rings. The second kappa shape index (κ2) is 9.33. The number of amides is 3. The number of morpholine rings is 1. The Hall–Kier alpha value is -2.86. The summed E-state index contributed by atoms with van der Waals surface area (Å²) in [7, 11) is 0. The van der Waals surface area contributed by atoms with Crippen LogP contribution in [-0.4, -0.2) is 66.7 Å². The van der Waals surface area contributed by atoms with Gasteiger partial charge in [-0.15, -0.1) is 0 Å². The van der Waals surface area contributed by atoms with Crippen molar-refractivity contribution in [1.82, 2.24) is 15.1 Å². The van der Waals surface area contributed by atoms with E-state index in [2.05, 4.69) is 66.0 Å². The monoisotopic (exact) mass is 433 g/mol. The van der Waals surface area contributed by atoms with E-state index in [1.165, 1.54) is 11.1 Å². The average Bonchev–Trinajstić information content (AvgIpc) is 2.85. The summed E-state index contributed by atoms with van der Waals surface area (Å²) in [6, 6.07) is 21.5. The Balaban J connectivity index is 1.24. The Morgan fingerprint density at radius 2 is 1.47 bits per heavy atom. The molecular formula is C26H31N3O3.